The van der Waals surface area contributed by atoms with Crippen LogP contribution in [0, 0.1) is 11.3 Å². The third-order valence-electron chi connectivity index (χ3n) is 2.74. The summed E-state index contributed by atoms with van der Waals surface area (Å²) in [5.41, 5.74) is 0.181. The number of H-pyrrole nitrogens is 1. The number of thiazole rings is 1. The lowest BCUT2D eigenvalue weighted by molar-refractivity contribution is 0.549. The molecule has 7 heteroatoms. The van der Waals surface area contributed by atoms with Crippen LogP contribution in [0.25, 0.3) is 21.5 Å². The second-order valence-corrected chi connectivity index (χ2v) is 5.35. The number of benzene rings is 1. The fourth-order valence-corrected chi connectivity index (χ4v) is 2.87. The zero-order chi connectivity index (χ0) is 14.3. The largest absolute Gasteiger partial charge is 0.404 e. The van der Waals surface area contributed by atoms with Crippen LogP contribution in [0.15, 0.2) is 38.3 Å². The van der Waals surface area contributed by atoms with Crippen molar-refractivity contribution in [2.75, 3.05) is 0 Å². The minimum absolute atomic E-state index is 0.0777. The Morgan fingerprint density at radius 3 is 2.60 bits per heavy atom. The van der Waals surface area contributed by atoms with Crippen LogP contribution in [-0.4, -0.2) is 4.98 Å². The van der Waals surface area contributed by atoms with E-state index in [1.807, 2.05) is 6.07 Å². The van der Waals surface area contributed by atoms with Gasteiger partial charge in [-0.2, -0.15) is 5.26 Å². The molecular weight excluding hydrogens is 300 g/mol. The molecule has 3 rings (SSSR count). The van der Waals surface area contributed by atoms with Crippen molar-refractivity contribution in [1.82, 2.24) is 4.98 Å². The van der Waals surface area contributed by atoms with Gasteiger partial charge in [-0.05, 0) is 17.7 Å². The second-order valence-electron chi connectivity index (χ2n) is 3.93. The van der Waals surface area contributed by atoms with Crippen LogP contribution >= 0.6 is 22.9 Å². The molecule has 0 saturated heterocycles. The zero-order valence-electron chi connectivity index (χ0n) is 9.77. The summed E-state index contributed by atoms with van der Waals surface area (Å²) in [6.07, 6.45) is 0. The number of rotatable bonds is 1. The first kappa shape index (κ1) is 12.7. The minimum Gasteiger partial charge on any atom is -0.404 e. The molecule has 0 atom stereocenters. The molecule has 0 amide bonds. The summed E-state index contributed by atoms with van der Waals surface area (Å²) >= 11 is 6.72. The number of nitrogens with zero attached hydrogens (tertiary/aromatic N) is 1. The molecule has 20 heavy (non-hydrogen) atoms. The van der Waals surface area contributed by atoms with Gasteiger partial charge < -0.3 is 4.42 Å². The monoisotopic (exact) mass is 304 g/mol. The van der Waals surface area contributed by atoms with E-state index in [9.17, 15) is 9.59 Å². The van der Waals surface area contributed by atoms with E-state index in [1.165, 1.54) is 0 Å². The van der Waals surface area contributed by atoms with Gasteiger partial charge in [0.15, 0.2) is 0 Å². The Morgan fingerprint density at radius 1 is 1.25 bits per heavy atom. The van der Waals surface area contributed by atoms with Crippen LogP contribution in [0.1, 0.15) is 5.56 Å². The van der Waals surface area contributed by atoms with Crippen molar-refractivity contribution in [2.45, 2.75) is 0 Å². The number of halogens is 1. The van der Waals surface area contributed by atoms with Crippen molar-refractivity contribution in [3.63, 3.8) is 0 Å². The Labute approximate surface area is 120 Å². The van der Waals surface area contributed by atoms with Gasteiger partial charge in [-0.25, -0.2) is 4.79 Å². The highest BCUT2D eigenvalue weighted by Crippen LogP contribution is 2.31. The molecule has 0 aliphatic rings. The predicted octanol–water partition coefficient (Wildman–Crippen LogP) is 2.73. The van der Waals surface area contributed by atoms with Crippen LogP contribution in [0.2, 0.25) is 5.02 Å². The normalized spacial score (nSPS) is 10.6. The lowest BCUT2D eigenvalue weighted by atomic mass is 10.0. The Balaban J connectivity index is 2.49. The first-order chi connectivity index (χ1) is 9.60. The molecule has 0 bridgehead atoms. The Bertz CT molecular complexity index is 960. The Kier molecular flexibility index (Phi) is 2.93. The lowest BCUT2D eigenvalue weighted by Gasteiger charge is -2.04. The van der Waals surface area contributed by atoms with Gasteiger partial charge in [0.2, 0.25) is 5.71 Å². The first-order valence-electron chi connectivity index (χ1n) is 5.46. The molecule has 0 aliphatic heterocycles. The van der Waals surface area contributed by atoms with E-state index in [2.05, 4.69) is 4.98 Å². The molecule has 1 aromatic carbocycles. The van der Waals surface area contributed by atoms with Gasteiger partial charge in [-0.15, -0.1) is 0 Å². The van der Waals surface area contributed by atoms with E-state index in [1.54, 1.807) is 24.3 Å². The third-order valence-corrected chi connectivity index (χ3v) is 3.87. The fourth-order valence-electron chi connectivity index (χ4n) is 1.90. The Hall–Kier alpha value is -2.36. The molecule has 2 aromatic heterocycles. The zero-order valence-corrected chi connectivity index (χ0v) is 11.3. The number of hydrogen-bond donors (Lipinski definition) is 1. The molecule has 3 aromatic rings. The number of nitrogens with one attached hydrogen (secondary N) is 1. The van der Waals surface area contributed by atoms with Crippen molar-refractivity contribution in [3.8, 4) is 17.2 Å². The number of aromatic nitrogens is 1. The Morgan fingerprint density at radius 2 is 1.95 bits per heavy atom. The van der Waals surface area contributed by atoms with Gasteiger partial charge in [0.05, 0.1) is 0 Å². The molecule has 98 valence electrons. The summed E-state index contributed by atoms with van der Waals surface area (Å²) < 4.78 is 5.38. The van der Waals surface area contributed by atoms with Gasteiger partial charge in [0.1, 0.15) is 16.3 Å². The molecule has 0 fully saturated rings. The maximum absolute atomic E-state index is 11.8. The van der Waals surface area contributed by atoms with E-state index < -0.39 is 5.63 Å². The van der Waals surface area contributed by atoms with Crippen molar-refractivity contribution in [1.29, 1.82) is 5.26 Å². The SMILES string of the molecule is N#Cc1c(-c2ccc(Cl)cc2)c2sc(=O)[nH]c2oc1=O. The van der Waals surface area contributed by atoms with Crippen molar-refractivity contribution < 1.29 is 4.42 Å². The van der Waals surface area contributed by atoms with Crippen LogP contribution in [0.3, 0.4) is 0 Å². The highest BCUT2D eigenvalue weighted by molar-refractivity contribution is 7.16. The summed E-state index contributed by atoms with van der Waals surface area (Å²) in [6, 6.07) is 8.49. The van der Waals surface area contributed by atoms with Gasteiger partial charge in [-0.1, -0.05) is 35.1 Å². The molecule has 2 heterocycles. The van der Waals surface area contributed by atoms with Gasteiger partial charge in [-0.3, -0.25) is 9.78 Å². The second kappa shape index (κ2) is 4.63. The van der Waals surface area contributed by atoms with Gasteiger partial charge in [0, 0.05) is 10.6 Å². The standard InChI is InChI=1S/C13H5ClN2O3S/c14-7-3-1-6(2-4-7)9-8(5-15)12(17)19-11-10(9)20-13(18)16-11/h1-4H,(H,16,18). The first-order valence-corrected chi connectivity index (χ1v) is 6.65. The molecule has 0 unspecified atom stereocenters. The average Bonchev–Trinajstić information content (AvgIpc) is 2.78. The summed E-state index contributed by atoms with van der Waals surface area (Å²) in [5, 5.41) is 9.70. The molecule has 0 saturated carbocycles. The topological polar surface area (TPSA) is 86.9 Å². The molecule has 5 nitrogen and oxygen atoms in total. The van der Waals surface area contributed by atoms with Gasteiger partial charge in [0.25, 0.3) is 0 Å². The highest BCUT2D eigenvalue weighted by atomic mass is 35.5. The van der Waals surface area contributed by atoms with Crippen molar-refractivity contribution in [2.24, 2.45) is 0 Å². The number of hydrogen-bond acceptors (Lipinski definition) is 5. The number of fused-ring (bicyclic) bond motifs is 1. The van der Waals surface area contributed by atoms with Crippen LogP contribution < -0.4 is 10.5 Å². The molecular formula is C13H5ClN2O3S. The van der Waals surface area contributed by atoms with E-state index >= 15 is 0 Å². The molecule has 1 N–H and O–H groups in total. The van der Waals surface area contributed by atoms with Crippen molar-refractivity contribution >= 4 is 33.4 Å². The number of aromatic amines is 1. The van der Waals surface area contributed by atoms with E-state index in [0.29, 0.717) is 20.8 Å². The maximum Gasteiger partial charge on any atom is 0.356 e. The van der Waals surface area contributed by atoms with Crippen molar-refractivity contribution in [3.05, 3.63) is 54.9 Å². The van der Waals surface area contributed by atoms with Crippen LogP contribution in [0.4, 0.5) is 0 Å². The summed E-state index contributed by atoms with van der Waals surface area (Å²) in [6.45, 7) is 0. The maximum atomic E-state index is 11.8. The number of nitriles is 1. The van der Waals surface area contributed by atoms with Crippen LogP contribution in [0.5, 0.6) is 0 Å². The smallest absolute Gasteiger partial charge is 0.356 e. The fraction of sp³-hybridized carbons (Fsp3) is 0. The third kappa shape index (κ3) is 1.93. The lowest BCUT2D eigenvalue weighted by Crippen LogP contribution is -2.06. The van der Waals surface area contributed by atoms with E-state index in [4.69, 9.17) is 21.3 Å². The average molecular weight is 305 g/mol. The molecule has 0 aliphatic carbocycles. The quantitative estimate of drug-likeness (QED) is 0.749. The highest BCUT2D eigenvalue weighted by Gasteiger charge is 2.18. The summed E-state index contributed by atoms with van der Waals surface area (Å²) in [7, 11) is 0. The van der Waals surface area contributed by atoms with E-state index in [0.717, 1.165) is 11.3 Å². The minimum atomic E-state index is -0.779. The summed E-state index contributed by atoms with van der Waals surface area (Å²) in [4.78, 5) is 25.3. The molecule has 0 radical (unpaired) electrons. The van der Waals surface area contributed by atoms with Gasteiger partial charge >= 0.3 is 10.5 Å². The molecule has 0 spiro atoms. The summed E-state index contributed by atoms with van der Waals surface area (Å²) in [5.74, 6) is 0. The van der Waals surface area contributed by atoms with E-state index in [-0.39, 0.29) is 16.1 Å². The predicted molar refractivity (Wildman–Crippen MR) is 76.1 cm³/mol. The van der Waals surface area contributed by atoms with Crippen LogP contribution in [-0.2, 0) is 0 Å².